The largest absolute Gasteiger partial charge is 0.506 e. The first-order valence-electron chi connectivity index (χ1n) is 9.55. The molecule has 30 heavy (non-hydrogen) atoms. The zero-order chi connectivity index (χ0) is 21.4. The maximum atomic E-state index is 13.7. The minimum absolute atomic E-state index is 0.0534. The first-order chi connectivity index (χ1) is 14.4. The van der Waals surface area contributed by atoms with Gasteiger partial charge in [-0.05, 0) is 63.2 Å². The Labute approximate surface area is 171 Å². The second-order valence-corrected chi connectivity index (χ2v) is 7.05. The fourth-order valence-electron chi connectivity index (χ4n) is 3.31. The van der Waals surface area contributed by atoms with Crippen LogP contribution in [-0.2, 0) is 6.54 Å². The molecule has 4 aromatic rings. The molecular weight excluding hydrogens is 389 g/mol. The van der Waals surface area contributed by atoms with Crippen LogP contribution in [0.4, 0.5) is 4.39 Å². The van der Waals surface area contributed by atoms with E-state index in [1.54, 1.807) is 31.2 Å². The number of ether oxygens (including phenoxy) is 1. The van der Waals surface area contributed by atoms with Crippen LogP contribution in [0.1, 0.15) is 20.8 Å². The van der Waals surface area contributed by atoms with Gasteiger partial charge in [0.25, 0.3) is 11.4 Å². The third kappa shape index (κ3) is 3.41. The van der Waals surface area contributed by atoms with E-state index < -0.39 is 11.4 Å². The highest BCUT2D eigenvalue weighted by Crippen LogP contribution is 2.33. The van der Waals surface area contributed by atoms with Crippen LogP contribution in [0.3, 0.4) is 0 Å². The van der Waals surface area contributed by atoms with Gasteiger partial charge in [0.1, 0.15) is 22.9 Å². The Hall–Kier alpha value is -3.68. The van der Waals surface area contributed by atoms with E-state index >= 15 is 0 Å². The minimum Gasteiger partial charge on any atom is -0.506 e. The molecule has 8 heteroatoms. The summed E-state index contributed by atoms with van der Waals surface area (Å²) in [4.78, 5) is 17.3. The van der Waals surface area contributed by atoms with Crippen molar-refractivity contribution in [2.75, 3.05) is 0 Å². The van der Waals surface area contributed by atoms with Gasteiger partial charge in [0.15, 0.2) is 0 Å². The van der Waals surface area contributed by atoms with Crippen LogP contribution in [0, 0.1) is 5.82 Å². The molecule has 2 aromatic carbocycles. The molecule has 0 aliphatic rings. The van der Waals surface area contributed by atoms with E-state index in [4.69, 9.17) is 9.26 Å². The summed E-state index contributed by atoms with van der Waals surface area (Å²) in [5.74, 6) is 0.0464. The number of halogens is 1. The summed E-state index contributed by atoms with van der Waals surface area (Å²) in [6.07, 6.45) is 0.0534. The van der Waals surface area contributed by atoms with Gasteiger partial charge in [-0.25, -0.2) is 4.39 Å². The van der Waals surface area contributed by atoms with Crippen molar-refractivity contribution in [3.63, 3.8) is 0 Å². The zero-order valence-corrected chi connectivity index (χ0v) is 16.7. The average molecular weight is 409 g/mol. The minimum atomic E-state index is -0.538. The van der Waals surface area contributed by atoms with Crippen molar-refractivity contribution in [3.05, 3.63) is 58.6 Å². The van der Waals surface area contributed by atoms with Gasteiger partial charge in [-0.2, -0.15) is 4.98 Å². The van der Waals surface area contributed by atoms with E-state index in [-0.39, 0.29) is 35.7 Å². The van der Waals surface area contributed by atoms with Gasteiger partial charge < -0.3 is 18.9 Å². The molecule has 0 unspecified atom stereocenters. The van der Waals surface area contributed by atoms with E-state index in [9.17, 15) is 14.3 Å². The van der Waals surface area contributed by atoms with Gasteiger partial charge in [-0.3, -0.25) is 4.79 Å². The molecule has 2 aromatic heterocycles. The normalized spacial score (nSPS) is 11.4. The zero-order valence-electron chi connectivity index (χ0n) is 16.7. The number of rotatable bonds is 5. The first-order valence-corrected chi connectivity index (χ1v) is 9.55. The Morgan fingerprint density at radius 3 is 2.60 bits per heavy atom. The van der Waals surface area contributed by atoms with Crippen molar-refractivity contribution in [3.8, 4) is 34.3 Å². The average Bonchev–Trinajstić information content (AvgIpc) is 3.18. The number of aromatic hydroxyl groups is 1. The number of benzene rings is 2. The Morgan fingerprint density at radius 1 is 1.20 bits per heavy atom. The molecule has 0 amide bonds. The van der Waals surface area contributed by atoms with E-state index in [2.05, 4.69) is 10.1 Å². The Kier molecular flexibility index (Phi) is 4.99. The molecule has 4 rings (SSSR count). The van der Waals surface area contributed by atoms with Crippen LogP contribution in [0.5, 0.6) is 11.5 Å². The fraction of sp³-hybridized carbons (Fsp3) is 0.227. The standard InChI is InChI=1S/C22H20FN3O4/c1-4-26-17-11-14(23)7-10-16(17)19(27)18(22(26)28)21-24-20(25-30-21)13-5-8-15(9-6-13)29-12(2)3/h5-12,27H,4H2,1-3H3. The van der Waals surface area contributed by atoms with Crippen LogP contribution in [0.2, 0.25) is 0 Å². The second kappa shape index (κ2) is 7.62. The number of hydrogen-bond donors (Lipinski definition) is 1. The number of pyridine rings is 1. The molecule has 0 bridgehead atoms. The third-order valence-electron chi connectivity index (χ3n) is 4.64. The molecule has 1 N–H and O–H groups in total. The Balaban J connectivity index is 1.80. The predicted octanol–water partition coefficient (Wildman–Crippen LogP) is 4.37. The molecule has 0 saturated heterocycles. The van der Waals surface area contributed by atoms with Crippen molar-refractivity contribution in [1.29, 1.82) is 0 Å². The summed E-state index contributed by atoms with van der Waals surface area (Å²) in [6.45, 7) is 5.91. The lowest BCUT2D eigenvalue weighted by atomic mass is 10.1. The van der Waals surface area contributed by atoms with Crippen molar-refractivity contribution in [2.24, 2.45) is 0 Å². The molecule has 0 aliphatic heterocycles. The van der Waals surface area contributed by atoms with Gasteiger partial charge in [0, 0.05) is 17.5 Å². The SMILES string of the molecule is CCn1c(=O)c(-c2nc(-c3ccc(OC(C)C)cc3)no2)c(O)c2ccc(F)cc21. The number of aromatic nitrogens is 3. The number of fused-ring (bicyclic) bond motifs is 1. The lowest BCUT2D eigenvalue weighted by molar-refractivity contribution is 0.242. The van der Waals surface area contributed by atoms with Gasteiger partial charge in [-0.15, -0.1) is 0 Å². The molecule has 0 aliphatic carbocycles. The summed E-state index contributed by atoms with van der Waals surface area (Å²) in [7, 11) is 0. The molecule has 0 fully saturated rings. The lowest BCUT2D eigenvalue weighted by Crippen LogP contribution is -2.21. The molecule has 7 nitrogen and oxygen atoms in total. The smallest absolute Gasteiger partial charge is 0.267 e. The summed E-state index contributed by atoms with van der Waals surface area (Å²) >= 11 is 0. The highest BCUT2D eigenvalue weighted by molar-refractivity contribution is 5.91. The topological polar surface area (TPSA) is 90.4 Å². The summed E-state index contributed by atoms with van der Waals surface area (Å²) in [5.41, 5.74) is 0.307. The van der Waals surface area contributed by atoms with E-state index in [1.807, 2.05) is 13.8 Å². The van der Waals surface area contributed by atoms with Crippen molar-refractivity contribution in [1.82, 2.24) is 14.7 Å². The molecular formula is C22H20FN3O4. The van der Waals surface area contributed by atoms with E-state index in [0.717, 1.165) is 0 Å². The van der Waals surface area contributed by atoms with Crippen LogP contribution in [0.25, 0.3) is 33.7 Å². The highest BCUT2D eigenvalue weighted by Gasteiger charge is 2.23. The van der Waals surface area contributed by atoms with E-state index in [1.165, 1.54) is 22.8 Å². The quantitative estimate of drug-likeness (QED) is 0.526. The van der Waals surface area contributed by atoms with Crippen LogP contribution in [0.15, 0.2) is 51.8 Å². The monoisotopic (exact) mass is 409 g/mol. The molecule has 0 atom stereocenters. The molecule has 0 radical (unpaired) electrons. The Bertz CT molecular complexity index is 1280. The van der Waals surface area contributed by atoms with Gasteiger partial charge >= 0.3 is 0 Å². The number of hydrogen-bond acceptors (Lipinski definition) is 6. The molecule has 154 valence electrons. The van der Waals surface area contributed by atoms with Crippen molar-refractivity contribution in [2.45, 2.75) is 33.4 Å². The maximum Gasteiger partial charge on any atom is 0.267 e. The van der Waals surface area contributed by atoms with Crippen LogP contribution < -0.4 is 10.3 Å². The number of nitrogens with zero attached hydrogens (tertiary/aromatic N) is 3. The maximum absolute atomic E-state index is 13.7. The molecule has 2 heterocycles. The Morgan fingerprint density at radius 2 is 1.93 bits per heavy atom. The number of aryl methyl sites for hydroxylation is 1. The molecule has 0 spiro atoms. The second-order valence-electron chi connectivity index (χ2n) is 7.05. The molecule has 0 saturated carbocycles. The van der Waals surface area contributed by atoms with Crippen molar-refractivity contribution >= 4 is 10.9 Å². The van der Waals surface area contributed by atoms with Gasteiger partial charge in [0.2, 0.25) is 5.82 Å². The lowest BCUT2D eigenvalue weighted by Gasteiger charge is -2.11. The third-order valence-corrected chi connectivity index (χ3v) is 4.64. The summed E-state index contributed by atoms with van der Waals surface area (Å²) in [5, 5.41) is 15.0. The van der Waals surface area contributed by atoms with Gasteiger partial charge in [-0.1, -0.05) is 5.16 Å². The summed E-state index contributed by atoms with van der Waals surface area (Å²) in [6, 6.07) is 11.0. The van der Waals surface area contributed by atoms with Gasteiger partial charge in [0.05, 0.1) is 11.6 Å². The first kappa shape index (κ1) is 19.6. The fourth-order valence-corrected chi connectivity index (χ4v) is 3.31. The van der Waals surface area contributed by atoms with Crippen LogP contribution in [-0.4, -0.2) is 25.9 Å². The summed E-state index contributed by atoms with van der Waals surface area (Å²) < 4.78 is 26.0. The van der Waals surface area contributed by atoms with E-state index in [0.29, 0.717) is 22.2 Å². The highest BCUT2D eigenvalue weighted by atomic mass is 19.1. The van der Waals surface area contributed by atoms with Crippen LogP contribution >= 0.6 is 0 Å². The predicted molar refractivity (Wildman–Crippen MR) is 110 cm³/mol. The van der Waals surface area contributed by atoms with Crippen molar-refractivity contribution < 1.29 is 18.8 Å².